The summed E-state index contributed by atoms with van der Waals surface area (Å²) in [6, 6.07) is 27.3. The Morgan fingerprint density at radius 1 is 0.821 bits per heavy atom. The highest BCUT2D eigenvalue weighted by Gasteiger charge is 2.28. The second-order valence-corrected chi connectivity index (χ2v) is 8.50. The Morgan fingerprint density at radius 3 is 1.82 bits per heavy atom. The fourth-order valence-corrected chi connectivity index (χ4v) is 4.16. The summed E-state index contributed by atoms with van der Waals surface area (Å²) in [5, 5.41) is 0. The Kier molecular flexibility index (Phi) is 6.59. The maximum atomic E-state index is 13.0. The zero-order chi connectivity index (χ0) is 20.0. The van der Waals surface area contributed by atoms with Crippen molar-refractivity contribution < 1.29 is 8.42 Å². The Morgan fingerprint density at radius 2 is 1.29 bits per heavy atom. The first-order valence-corrected chi connectivity index (χ1v) is 10.5. The van der Waals surface area contributed by atoms with E-state index in [-0.39, 0.29) is 6.54 Å². The number of hydrogen-bond donors (Lipinski definition) is 2. The standard InChI is InChI=1S/C22H25N3O2S/c1-25(17-18-11-5-2-6-12-18)28(26,27)24-22(20-15-9-4-10-16-20)21(23)19-13-7-3-8-14-19/h2-16,21-22,24H,17,23H2,1H3/t21-,22-/m0/s1. The van der Waals surface area contributed by atoms with Crippen LogP contribution in [0.2, 0.25) is 0 Å². The smallest absolute Gasteiger partial charge is 0.280 e. The van der Waals surface area contributed by atoms with E-state index < -0.39 is 22.3 Å². The lowest BCUT2D eigenvalue weighted by molar-refractivity contribution is 0.430. The highest BCUT2D eigenvalue weighted by atomic mass is 32.2. The summed E-state index contributed by atoms with van der Waals surface area (Å²) in [7, 11) is -2.19. The number of nitrogens with one attached hydrogen (secondary N) is 1. The van der Waals surface area contributed by atoms with Gasteiger partial charge in [0.15, 0.2) is 0 Å². The van der Waals surface area contributed by atoms with Crippen LogP contribution in [0.25, 0.3) is 0 Å². The van der Waals surface area contributed by atoms with Crippen LogP contribution in [0.3, 0.4) is 0 Å². The van der Waals surface area contributed by atoms with Gasteiger partial charge in [-0.1, -0.05) is 91.0 Å². The van der Waals surface area contributed by atoms with Crippen molar-refractivity contribution in [1.82, 2.24) is 9.03 Å². The predicted octanol–water partition coefficient (Wildman–Crippen LogP) is 3.39. The normalized spacial score (nSPS) is 14.0. The van der Waals surface area contributed by atoms with Crippen LogP contribution >= 0.6 is 0 Å². The molecule has 0 aliphatic carbocycles. The molecule has 0 spiro atoms. The van der Waals surface area contributed by atoms with Crippen molar-refractivity contribution in [1.29, 1.82) is 0 Å². The highest BCUT2D eigenvalue weighted by molar-refractivity contribution is 7.87. The van der Waals surface area contributed by atoms with Gasteiger partial charge in [0.05, 0.1) is 12.1 Å². The van der Waals surface area contributed by atoms with Crippen molar-refractivity contribution in [3.63, 3.8) is 0 Å². The zero-order valence-electron chi connectivity index (χ0n) is 15.8. The van der Waals surface area contributed by atoms with Crippen molar-refractivity contribution in [3.05, 3.63) is 108 Å². The Balaban J connectivity index is 1.86. The lowest BCUT2D eigenvalue weighted by Crippen LogP contribution is -2.43. The third kappa shape index (κ3) is 5.05. The third-order valence-corrected chi connectivity index (χ3v) is 6.14. The fraction of sp³-hybridized carbons (Fsp3) is 0.182. The van der Waals surface area contributed by atoms with Crippen LogP contribution in [0.4, 0.5) is 0 Å². The molecule has 3 aromatic carbocycles. The lowest BCUT2D eigenvalue weighted by atomic mass is 9.95. The molecule has 0 aromatic heterocycles. The summed E-state index contributed by atoms with van der Waals surface area (Å²) in [4.78, 5) is 0. The van der Waals surface area contributed by atoms with Gasteiger partial charge < -0.3 is 5.73 Å². The summed E-state index contributed by atoms with van der Waals surface area (Å²) >= 11 is 0. The predicted molar refractivity (Wildman–Crippen MR) is 113 cm³/mol. The molecule has 0 bridgehead atoms. The SMILES string of the molecule is CN(Cc1ccccc1)S(=O)(=O)N[C@@H](c1ccccc1)[C@@H](N)c1ccccc1. The average Bonchev–Trinajstić information content (AvgIpc) is 2.73. The molecule has 6 heteroatoms. The van der Waals surface area contributed by atoms with Gasteiger partial charge in [-0.05, 0) is 16.7 Å². The summed E-state index contributed by atoms with van der Waals surface area (Å²) in [6.07, 6.45) is 0. The van der Waals surface area contributed by atoms with Crippen molar-refractivity contribution in [3.8, 4) is 0 Å². The molecule has 0 radical (unpaired) electrons. The largest absolute Gasteiger partial charge is 0.322 e. The van der Waals surface area contributed by atoms with Gasteiger partial charge in [-0.2, -0.15) is 17.4 Å². The van der Waals surface area contributed by atoms with Crippen molar-refractivity contribution in [2.24, 2.45) is 5.73 Å². The van der Waals surface area contributed by atoms with Crippen LogP contribution in [0.15, 0.2) is 91.0 Å². The van der Waals surface area contributed by atoms with Gasteiger partial charge in [0.25, 0.3) is 10.2 Å². The molecule has 0 saturated carbocycles. The second-order valence-electron chi connectivity index (χ2n) is 6.69. The molecule has 0 aliphatic heterocycles. The maximum Gasteiger partial charge on any atom is 0.280 e. The monoisotopic (exact) mass is 395 g/mol. The van der Waals surface area contributed by atoms with Crippen molar-refractivity contribution in [2.75, 3.05) is 7.05 Å². The van der Waals surface area contributed by atoms with E-state index in [2.05, 4.69) is 4.72 Å². The Hall–Kier alpha value is -2.51. The van der Waals surface area contributed by atoms with Gasteiger partial charge in [-0.15, -0.1) is 0 Å². The zero-order valence-corrected chi connectivity index (χ0v) is 16.6. The second kappa shape index (κ2) is 9.12. The fourth-order valence-electron chi connectivity index (χ4n) is 3.05. The molecular formula is C22H25N3O2S. The van der Waals surface area contributed by atoms with Crippen molar-refractivity contribution >= 4 is 10.2 Å². The highest BCUT2D eigenvalue weighted by Crippen LogP contribution is 2.28. The Labute approximate surface area is 167 Å². The Bertz CT molecular complexity index is 964. The first-order valence-electron chi connectivity index (χ1n) is 9.10. The first kappa shape index (κ1) is 20.2. The first-order chi connectivity index (χ1) is 13.5. The molecular weight excluding hydrogens is 370 g/mol. The molecule has 2 atom stereocenters. The molecule has 0 heterocycles. The van der Waals surface area contributed by atoms with Crippen LogP contribution in [0.1, 0.15) is 28.8 Å². The molecule has 28 heavy (non-hydrogen) atoms. The molecule has 5 nitrogen and oxygen atoms in total. The minimum absolute atomic E-state index is 0.276. The molecule has 0 unspecified atom stereocenters. The number of nitrogens with two attached hydrogens (primary N) is 1. The summed E-state index contributed by atoms with van der Waals surface area (Å²) in [5.74, 6) is 0. The number of rotatable bonds is 8. The summed E-state index contributed by atoms with van der Waals surface area (Å²) in [6.45, 7) is 0.276. The van der Waals surface area contributed by atoms with Crippen LogP contribution in [-0.4, -0.2) is 19.8 Å². The van der Waals surface area contributed by atoms with Crippen LogP contribution in [-0.2, 0) is 16.8 Å². The van der Waals surface area contributed by atoms with E-state index in [0.717, 1.165) is 16.7 Å². The molecule has 3 aromatic rings. The van der Waals surface area contributed by atoms with Gasteiger partial charge in [-0.25, -0.2) is 0 Å². The molecule has 3 N–H and O–H groups in total. The topological polar surface area (TPSA) is 75.4 Å². The van der Waals surface area contributed by atoms with E-state index in [1.807, 2.05) is 91.0 Å². The van der Waals surface area contributed by atoms with Crippen LogP contribution in [0.5, 0.6) is 0 Å². The van der Waals surface area contributed by atoms with E-state index in [4.69, 9.17) is 5.73 Å². The number of hydrogen-bond acceptors (Lipinski definition) is 3. The van der Waals surface area contributed by atoms with Gasteiger partial charge in [0.2, 0.25) is 0 Å². The quantitative estimate of drug-likeness (QED) is 0.614. The molecule has 0 aliphatic rings. The minimum Gasteiger partial charge on any atom is -0.322 e. The molecule has 0 amide bonds. The number of nitrogens with zero attached hydrogens (tertiary/aromatic N) is 1. The molecule has 146 valence electrons. The van der Waals surface area contributed by atoms with Gasteiger partial charge in [0.1, 0.15) is 0 Å². The van der Waals surface area contributed by atoms with E-state index in [9.17, 15) is 8.42 Å². The average molecular weight is 396 g/mol. The molecule has 0 saturated heterocycles. The summed E-state index contributed by atoms with van der Waals surface area (Å²) in [5.41, 5.74) is 9.08. The van der Waals surface area contributed by atoms with Gasteiger partial charge >= 0.3 is 0 Å². The van der Waals surface area contributed by atoms with Gasteiger partial charge in [0, 0.05) is 13.6 Å². The van der Waals surface area contributed by atoms with Gasteiger partial charge in [-0.3, -0.25) is 0 Å². The van der Waals surface area contributed by atoms with Crippen molar-refractivity contribution in [2.45, 2.75) is 18.6 Å². The lowest BCUT2D eigenvalue weighted by Gasteiger charge is -2.28. The minimum atomic E-state index is -3.76. The third-order valence-electron chi connectivity index (χ3n) is 4.64. The molecule has 3 rings (SSSR count). The van der Waals surface area contributed by atoms with E-state index in [0.29, 0.717) is 0 Å². The van der Waals surface area contributed by atoms with E-state index >= 15 is 0 Å². The van der Waals surface area contributed by atoms with Crippen LogP contribution in [0, 0.1) is 0 Å². The maximum absolute atomic E-state index is 13.0. The van der Waals surface area contributed by atoms with Crippen LogP contribution < -0.4 is 10.5 Å². The number of benzene rings is 3. The van der Waals surface area contributed by atoms with E-state index in [1.165, 1.54) is 4.31 Å². The molecule has 0 fully saturated rings. The van der Waals surface area contributed by atoms with E-state index in [1.54, 1.807) is 7.05 Å². The summed E-state index contributed by atoms with van der Waals surface area (Å²) < 4.78 is 30.1.